The molecule has 0 bridgehead atoms. The Morgan fingerprint density at radius 3 is 3.00 bits per heavy atom. The number of isocyanates is 1. The van der Waals surface area contributed by atoms with E-state index in [9.17, 15) is 9.59 Å². The maximum Gasteiger partial charge on any atom is 0.307 e. The molecule has 0 saturated heterocycles. The zero-order valence-electron chi connectivity index (χ0n) is 5.81. The van der Waals surface area contributed by atoms with Gasteiger partial charge in [0.1, 0.15) is 5.69 Å². The minimum atomic E-state index is -0.666. The van der Waals surface area contributed by atoms with Crippen LogP contribution < -0.4 is 0 Å². The lowest BCUT2D eigenvalue weighted by atomic mass is 10.5. The highest BCUT2D eigenvalue weighted by atomic mass is 16.2. The fourth-order valence-electron chi connectivity index (χ4n) is 0.622. The van der Waals surface area contributed by atoms with Crippen LogP contribution in [-0.4, -0.2) is 21.5 Å². The van der Waals surface area contributed by atoms with E-state index in [0.29, 0.717) is 0 Å². The van der Waals surface area contributed by atoms with E-state index in [-0.39, 0.29) is 5.69 Å². The van der Waals surface area contributed by atoms with Crippen molar-refractivity contribution < 1.29 is 9.59 Å². The Balaban J connectivity index is 2.93. The fraction of sp³-hybridized carbons (Fsp3) is 0.167. The number of aliphatic imine (C=N–C) groups is 1. The van der Waals surface area contributed by atoms with E-state index < -0.39 is 5.91 Å². The van der Waals surface area contributed by atoms with Gasteiger partial charge in [-0.1, -0.05) is 0 Å². The Labute approximate surface area is 62.4 Å². The van der Waals surface area contributed by atoms with Gasteiger partial charge < -0.3 is 4.57 Å². The van der Waals surface area contributed by atoms with E-state index in [0.717, 1.165) is 6.08 Å². The minimum absolute atomic E-state index is 0.149. The Bertz CT molecular complexity index is 322. The van der Waals surface area contributed by atoms with E-state index in [1.165, 1.54) is 12.5 Å². The van der Waals surface area contributed by atoms with Crippen molar-refractivity contribution in [3.05, 3.63) is 18.2 Å². The zero-order chi connectivity index (χ0) is 8.27. The second-order valence-corrected chi connectivity index (χ2v) is 1.93. The Morgan fingerprint density at radius 1 is 1.82 bits per heavy atom. The van der Waals surface area contributed by atoms with Crippen LogP contribution in [-0.2, 0) is 11.8 Å². The van der Waals surface area contributed by atoms with Gasteiger partial charge in [0.05, 0.1) is 6.33 Å². The van der Waals surface area contributed by atoms with Gasteiger partial charge in [0.25, 0.3) is 0 Å². The van der Waals surface area contributed by atoms with Crippen molar-refractivity contribution in [3.63, 3.8) is 0 Å². The number of hydrogen-bond donors (Lipinski definition) is 0. The van der Waals surface area contributed by atoms with E-state index in [1.54, 1.807) is 11.6 Å². The molecule has 0 aliphatic rings. The molecule has 1 aromatic rings. The van der Waals surface area contributed by atoms with Crippen molar-refractivity contribution in [2.24, 2.45) is 12.0 Å². The van der Waals surface area contributed by atoms with Crippen molar-refractivity contribution in [2.75, 3.05) is 0 Å². The Morgan fingerprint density at radius 2 is 2.55 bits per heavy atom. The van der Waals surface area contributed by atoms with Crippen LogP contribution in [0.5, 0.6) is 0 Å². The summed E-state index contributed by atoms with van der Waals surface area (Å²) >= 11 is 0. The van der Waals surface area contributed by atoms with Crippen LogP contribution >= 0.6 is 0 Å². The molecule has 5 heteroatoms. The van der Waals surface area contributed by atoms with Gasteiger partial charge in [-0.05, 0) is 0 Å². The summed E-state index contributed by atoms with van der Waals surface area (Å²) in [6.45, 7) is 0. The lowest BCUT2D eigenvalue weighted by Gasteiger charge is -1.81. The first-order valence-corrected chi connectivity index (χ1v) is 2.84. The Hall–Kier alpha value is -1.74. The third-order valence-electron chi connectivity index (χ3n) is 1.07. The third kappa shape index (κ3) is 1.59. The van der Waals surface area contributed by atoms with E-state index in [1.807, 2.05) is 0 Å². The van der Waals surface area contributed by atoms with Crippen LogP contribution in [0.15, 0.2) is 17.5 Å². The number of nitrogens with zero attached hydrogens (tertiary/aromatic N) is 3. The molecule has 1 rings (SSSR count). The van der Waals surface area contributed by atoms with Crippen LogP contribution in [0.3, 0.4) is 0 Å². The SMILES string of the molecule is Cn1cnc(C(=O)N=C=O)c1. The molecule has 1 heterocycles. The van der Waals surface area contributed by atoms with Crippen molar-refractivity contribution in [2.45, 2.75) is 0 Å². The predicted octanol–water partition coefficient (Wildman–Crippen LogP) is -0.104. The average Bonchev–Trinajstić information content (AvgIpc) is 2.36. The average molecular weight is 151 g/mol. The number of aromatic nitrogens is 2. The van der Waals surface area contributed by atoms with Crippen molar-refractivity contribution in [1.82, 2.24) is 9.55 Å². The quantitative estimate of drug-likeness (QED) is 0.415. The highest BCUT2D eigenvalue weighted by Crippen LogP contribution is 1.95. The van der Waals surface area contributed by atoms with Gasteiger partial charge in [0, 0.05) is 13.2 Å². The summed E-state index contributed by atoms with van der Waals surface area (Å²) in [5.41, 5.74) is 0.149. The Kier molecular flexibility index (Phi) is 1.94. The van der Waals surface area contributed by atoms with Gasteiger partial charge in [-0.3, -0.25) is 4.79 Å². The molecule has 0 aromatic carbocycles. The number of carbonyl (C=O) groups excluding carboxylic acids is 2. The molecular formula is C6H5N3O2. The first kappa shape index (κ1) is 7.37. The molecule has 1 amide bonds. The van der Waals surface area contributed by atoms with Crippen LogP contribution in [0.1, 0.15) is 10.5 Å². The lowest BCUT2D eigenvalue weighted by Crippen LogP contribution is -1.93. The maximum atomic E-state index is 10.8. The van der Waals surface area contributed by atoms with Crippen molar-refractivity contribution in [1.29, 1.82) is 0 Å². The summed E-state index contributed by atoms with van der Waals surface area (Å²) in [6, 6.07) is 0. The summed E-state index contributed by atoms with van der Waals surface area (Å²) in [6.07, 6.45) is 4.08. The summed E-state index contributed by atoms with van der Waals surface area (Å²) in [7, 11) is 1.72. The number of hydrogen-bond acceptors (Lipinski definition) is 3. The van der Waals surface area contributed by atoms with Crippen LogP contribution in [0.25, 0.3) is 0 Å². The molecule has 5 nitrogen and oxygen atoms in total. The number of amides is 1. The predicted molar refractivity (Wildman–Crippen MR) is 35.7 cm³/mol. The van der Waals surface area contributed by atoms with Gasteiger partial charge in [-0.15, -0.1) is 4.99 Å². The molecule has 0 atom stereocenters. The standard InChI is InChI=1S/C6H5N3O2/c1-9-2-5(7-3-9)6(11)8-4-10/h2-3H,1H3. The molecule has 0 fully saturated rings. The molecule has 11 heavy (non-hydrogen) atoms. The van der Waals surface area contributed by atoms with Gasteiger partial charge in [0.2, 0.25) is 6.08 Å². The first-order chi connectivity index (χ1) is 5.24. The second kappa shape index (κ2) is 2.90. The monoisotopic (exact) mass is 151 g/mol. The van der Waals surface area contributed by atoms with Gasteiger partial charge in [-0.25, -0.2) is 9.78 Å². The normalized spacial score (nSPS) is 8.82. The van der Waals surface area contributed by atoms with E-state index in [2.05, 4.69) is 9.98 Å². The molecule has 0 radical (unpaired) electrons. The number of carbonyl (C=O) groups is 1. The maximum absolute atomic E-state index is 10.8. The molecule has 0 unspecified atom stereocenters. The fourth-order valence-corrected chi connectivity index (χ4v) is 0.622. The molecular weight excluding hydrogens is 146 g/mol. The van der Waals surface area contributed by atoms with Gasteiger partial charge >= 0.3 is 5.91 Å². The second-order valence-electron chi connectivity index (χ2n) is 1.93. The largest absolute Gasteiger partial charge is 0.340 e. The smallest absolute Gasteiger partial charge is 0.307 e. The van der Waals surface area contributed by atoms with Gasteiger partial charge in [0.15, 0.2) is 0 Å². The number of imidazole rings is 1. The zero-order valence-corrected chi connectivity index (χ0v) is 5.81. The van der Waals surface area contributed by atoms with E-state index in [4.69, 9.17) is 0 Å². The minimum Gasteiger partial charge on any atom is -0.340 e. The summed E-state index contributed by atoms with van der Waals surface area (Å²) < 4.78 is 1.59. The lowest BCUT2D eigenvalue weighted by molar-refractivity contribution is 0.0998. The molecule has 56 valence electrons. The van der Waals surface area contributed by atoms with Crippen molar-refractivity contribution >= 4 is 12.0 Å². The molecule has 0 spiro atoms. The third-order valence-corrected chi connectivity index (χ3v) is 1.07. The first-order valence-electron chi connectivity index (χ1n) is 2.84. The van der Waals surface area contributed by atoms with Crippen LogP contribution in [0.2, 0.25) is 0 Å². The van der Waals surface area contributed by atoms with Crippen LogP contribution in [0, 0.1) is 0 Å². The topological polar surface area (TPSA) is 64.3 Å². The summed E-state index contributed by atoms with van der Waals surface area (Å²) in [5.74, 6) is -0.666. The highest BCUT2D eigenvalue weighted by molar-refractivity contribution is 5.95. The highest BCUT2D eigenvalue weighted by Gasteiger charge is 2.05. The van der Waals surface area contributed by atoms with Crippen molar-refractivity contribution in [3.8, 4) is 0 Å². The summed E-state index contributed by atoms with van der Waals surface area (Å²) in [4.78, 5) is 27.0. The van der Waals surface area contributed by atoms with E-state index >= 15 is 0 Å². The number of aryl methyl sites for hydroxylation is 1. The molecule has 0 aliphatic carbocycles. The number of rotatable bonds is 1. The molecule has 0 N–H and O–H groups in total. The molecule has 0 aliphatic heterocycles. The molecule has 0 saturated carbocycles. The van der Waals surface area contributed by atoms with Crippen LogP contribution in [0.4, 0.5) is 0 Å². The van der Waals surface area contributed by atoms with Gasteiger partial charge in [-0.2, -0.15) is 0 Å². The summed E-state index contributed by atoms with van der Waals surface area (Å²) in [5, 5.41) is 0. The molecule has 1 aromatic heterocycles.